The van der Waals surface area contributed by atoms with Gasteiger partial charge in [-0.3, -0.25) is 9.69 Å². The summed E-state index contributed by atoms with van der Waals surface area (Å²) >= 11 is 18.1. The van der Waals surface area contributed by atoms with Crippen LogP contribution in [0, 0.1) is 5.82 Å². The fourth-order valence-electron chi connectivity index (χ4n) is 2.85. The molecule has 0 radical (unpaired) electrons. The Morgan fingerprint density at radius 1 is 1.00 bits per heavy atom. The molecule has 0 bridgehead atoms. The zero-order chi connectivity index (χ0) is 18.0. The zero-order valence-corrected chi connectivity index (χ0v) is 15.6. The minimum absolute atomic E-state index is 0.120. The second kappa shape index (κ2) is 7.92. The van der Waals surface area contributed by atoms with E-state index in [1.807, 2.05) is 0 Å². The number of nitrogens with zero attached hydrogens (tertiary/aromatic N) is 2. The number of hydrogen-bond acceptors (Lipinski definition) is 2. The summed E-state index contributed by atoms with van der Waals surface area (Å²) in [5.74, 6) is -0.427. The molecule has 0 atom stereocenters. The number of carbonyl (C=O) groups excluding carboxylic acids is 1. The van der Waals surface area contributed by atoms with Gasteiger partial charge in [0.15, 0.2) is 0 Å². The van der Waals surface area contributed by atoms with Gasteiger partial charge >= 0.3 is 0 Å². The predicted molar refractivity (Wildman–Crippen MR) is 99.1 cm³/mol. The molecule has 0 unspecified atom stereocenters. The lowest BCUT2D eigenvalue weighted by Gasteiger charge is -2.35. The highest BCUT2D eigenvalue weighted by Crippen LogP contribution is 2.24. The summed E-state index contributed by atoms with van der Waals surface area (Å²) < 4.78 is 13.9. The molecule has 0 N–H and O–H groups in total. The zero-order valence-electron chi connectivity index (χ0n) is 13.3. The van der Waals surface area contributed by atoms with Gasteiger partial charge in [-0.15, -0.1) is 0 Å². The first-order chi connectivity index (χ1) is 12.0. The fraction of sp³-hybridized carbons (Fsp3) is 0.278. The molecule has 1 heterocycles. The van der Waals surface area contributed by atoms with E-state index in [0.717, 1.165) is 0 Å². The van der Waals surface area contributed by atoms with Gasteiger partial charge in [0.05, 0.1) is 10.6 Å². The number of benzene rings is 2. The highest BCUT2D eigenvalue weighted by molar-refractivity contribution is 6.36. The molecule has 1 aliphatic heterocycles. The molecule has 3 nitrogen and oxygen atoms in total. The molecule has 3 rings (SSSR count). The second-order valence-corrected chi connectivity index (χ2v) is 7.14. The van der Waals surface area contributed by atoms with Crippen molar-refractivity contribution in [3.8, 4) is 0 Å². The van der Waals surface area contributed by atoms with Crippen LogP contribution in [0.1, 0.15) is 15.9 Å². The number of hydrogen-bond donors (Lipinski definition) is 0. The lowest BCUT2D eigenvalue weighted by Crippen LogP contribution is -2.48. The van der Waals surface area contributed by atoms with Crippen LogP contribution in [0.4, 0.5) is 4.39 Å². The van der Waals surface area contributed by atoms with Crippen molar-refractivity contribution in [2.24, 2.45) is 0 Å². The number of halogens is 4. The normalized spacial score (nSPS) is 15.4. The maximum atomic E-state index is 13.9. The van der Waals surface area contributed by atoms with Crippen molar-refractivity contribution in [1.82, 2.24) is 9.80 Å². The third-order valence-corrected chi connectivity index (χ3v) is 5.17. The van der Waals surface area contributed by atoms with E-state index < -0.39 is 0 Å². The number of amides is 1. The standard InChI is InChI=1S/C18H16Cl3FN2O/c19-12-4-5-13(16(21)10-12)18(25)24-8-6-23(7-9-24)11-14-15(20)2-1-3-17(14)22/h1-5,10H,6-9,11H2. The van der Waals surface area contributed by atoms with E-state index in [1.54, 1.807) is 35.2 Å². The molecular weight excluding hydrogens is 386 g/mol. The van der Waals surface area contributed by atoms with Crippen molar-refractivity contribution < 1.29 is 9.18 Å². The van der Waals surface area contributed by atoms with Crippen LogP contribution in [0.2, 0.25) is 15.1 Å². The Balaban J connectivity index is 1.63. The fourth-order valence-corrected chi connectivity index (χ4v) is 3.56. The predicted octanol–water partition coefficient (Wildman–Crippen LogP) is 4.74. The van der Waals surface area contributed by atoms with Crippen LogP contribution in [0.25, 0.3) is 0 Å². The Kier molecular flexibility index (Phi) is 5.85. The van der Waals surface area contributed by atoms with Gasteiger partial charge in [-0.05, 0) is 30.3 Å². The van der Waals surface area contributed by atoms with Crippen LogP contribution in [-0.4, -0.2) is 41.9 Å². The van der Waals surface area contributed by atoms with E-state index >= 15 is 0 Å². The van der Waals surface area contributed by atoms with Crippen LogP contribution in [0.15, 0.2) is 36.4 Å². The van der Waals surface area contributed by atoms with Crippen molar-refractivity contribution in [3.63, 3.8) is 0 Å². The molecular formula is C18H16Cl3FN2O. The Morgan fingerprint density at radius 3 is 2.36 bits per heavy atom. The van der Waals surface area contributed by atoms with Gasteiger partial charge < -0.3 is 4.90 Å². The highest BCUT2D eigenvalue weighted by atomic mass is 35.5. The van der Waals surface area contributed by atoms with Gasteiger partial charge in [0.25, 0.3) is 5.91 Å². The monoisotopic (exact) mass is 400 g/mol. The van der Waals surface area contributed by atoms with E-state index in [9.17, 15) is 9.18 Å². The third-order valence-electron chi connectivity index (χ3n) is 4.26. The van der Waals surface area contributed by atoms with Crippen LogP contribution in [0.5, 0.6) is 0 Å². The molecule has 1 saturated heterocycles. The van der Waals surface area contributed by atoms with E-state index in [1.165, 1.54) is 6.07 Å². The van der Waals surface area contributed by atoms with Crippen molar-refractivity contribution in [3.05, 3.63) is 68.4 Å². The molecule has 1 amide bonds. The Bertz CT molecular complexity index is 772. The average Bonchev–Trinajstić information content (AvgIpc) is 2.58. The maximum Gasteiger partial charge on any atom is 0.255 e. The van der Waals surface area contributed by atoms with Crippen molar-refractivity contribution >= 4 is 40.7 Å². The third kappa shape index (κ3) is 4.26. The first kappa shape index (κ1) is 18.5. The van der Waals surface area contributed by atoms with Crippen LogP contribution < -0.4 is 0 Å². The quantitative estimate of drug-likeness (QED) is 0.741. The molecule has 25 heavy (non-hydrogen) atoms. The SMILES string of the molecule is O=C(c1ccc(Cl)cc1Cl)N1CCN(Cc2c(F)cccc2Cl)CC1. The van der Waals surface area contributed by atoms with Crippen molar-refractivity contribution in [2.45, 2.75) is 6.54 Å². The topological polar surface area (TPSA) is 23.6 Å². The summed E-state index contributed by atoms with van der Waals surface area (Å²) in [4.78, 5) is 16.4. The molecule has 2 aromatic rings. The van der Waals surface area contributed by atoms with Gasteiger partial charge in [0.1, 0.15) is 5.82 Å². The summed E-state index contributed by atoms with van der Waals surface area (Å²) in [5.41, 5.74) is 0.932. The minimum Gasteiger partial charge on any atom is -0.336 e. The van der Waals surface area contributed by atoms with E-state index in [-0.39, 0.29) is 11.7 Å². The van der Waals surface area contributed by atoms with Crippen LogP contribution in [-0.2, 0) is 6.54 Å². The molecule has 132 valence electrons. The summed E-state index contributed by atoms with van der Waals surface area (Å²) in [6, 6.07) is 9.53. The van der Waals surface area contributed by atoms with Gasteiger partial charge in [-0.1, -0.05) is 40.9 Å². The molecule has 1 fully saturated rings. The van der Waals surface area contributed by atoms with Crippen molar-refractivity contribution in [1.29, 1.82) is 0 Å². The molecule has 0 saturated carbocycles. The van der Waals surface area contributed by atoms with Crippen LogP contribution in [0.3, 0.4) is 0 Å². The molecule has 0 aliphatic carbocycles. The highest BCUT2D eigenvalue weighted by Gasteiger charge is 2.24. The number of rotatable bonds is 3. The second-order valence-electron chi connectivity index (χ2n) is 5.89. The molecule has 7 heteroatoms. The van der Waals surface area contributed by atoms with E-state index in [4.69, 9.17) is 34.8 Å². The van der Waals surface area contributed by atoms with Crippen LogP contribution >= 0.6 is 34.8 Å². The Morgan fingerprint density at radius 2 is 1.72 bits per heavy atom. The Labute approximate surface area is 160 Å². The number of piperazine rings is 1. The summed E-state index contributed by atoms with van der Waals surface area (Å²) in [6.45, 7) is 2.80. The lowest BCUT2D eigenvalue weighted by molar-refractivity contribution is 0.0627. The molecule has 1 aliphatic rings. The smallest absolute Gasteiger partial charge is 0.255 e. The van der Waals surface area contributed by atoms with E-state index in [2.05, 4.69) is 4.90 Å². The van der Waals surface area contributed by atoms with Gasteiger partial charge in [0, 0.05) is 48.3 Å². The Hall–Kier alpha value is -1.33. The van der Waals surface area contributed by atoms with Crippen molar-refractivity contribution in [2.75, 3.05) is 26.2 Å². The first-order valence-corrected chi connectivity index (χ1v) is 8.98. The summed E-state index contributed by atoms with van der Waals surface area (Å²) in [5, 5.41) is 1.26. The first-order valence-electron chi connectivity index (χ1n) is 7.85. The maximum absolute atomic E-state index is 13.9. The summed E-state index contributed by atoms with van der Waals surface area (Å²) in [7, 11) is 0. The molecule has 0 spiro atoms. The van der Waals surface area contributed by atoms with Gasteiger partial charge in [-0.25, -0.2) is 4.39 Å². The largest absolute Gasteiger partial charge is 0.336 e. The summed E-state index contributed by atoms with van der Waals surface area (Å²) in [6.07, 6.45) is 0. The minimum atomic E-state index is -0.307. The van der Waals surface area contributed by atoms with E-state index in [0.29, 0.717) is 58.9 Å². The van der Waals surface area contributed by atoms with Gasteiger partial charge in [-0.2, -0.15) is 0 Å². The lowest BCUT2D eigenvalue weighted by atomic mass is 10.1. The van der Waals surface area contributed by atoms with Gasteiger partial charge in [0.2, 0.25) is 0 Å². The molecule has 0 aromatic heterocycles. The average molecular weight is 402 g/mol. The number of carbonyl (C=O) groups is 1. The molecule has 2 aromatic carbocycles.